The summed E-state index contributed by atoms with van der Waals surface area (Å²) in [5, 5.41) is 3.44. The van der Waals surface area contributed by atoms with Crippen LogP contribution >= 0.6 is 0 Å². The van der Waals surface area contributed by atoms with Crippen LogP contribution in [0, 0.1) is 0 Å². The predicted molar refractivity (Wildman–Crippen MR) is 85.1 cm³/mol. The quantitative estimate of drug-likeness (QED) is 0.902. The molecule has 1 aromatic carbocycles. The topological polar surface area (TPSA) is 32.3 Å². The first-order valence-electron chi connectivity index (χ1n) is 8.40. The average molecular weight is 286 g/mol. The summed E-state index contributed by atoms with van der Waals surface area (Å²) in [7, 11) is 0. The highest BCUT2D eigenvalue weighted by Gasteiger charge is 2.30. The van der Waals surface area contributed by atoms with Gasteiger partial charge in [0, 0.05) is 25.0 Å². The normalized spacial score (nSPS) is 25.4. The molecule has 0 bridgehead atoms. The lowest BCUT2D eigenvalue weighted by Gasteiger charge is -2.26. The summed E-state index contributed by atoms with van der Waals surface area (Å²) < 4.78 is 0. The Kier molecular flexibility index (Phi) is 4.91. The van der Waals surface area contributed by atoms with Crippen molar-refractivity contribution in [2.24, 2.45) is 0 Å². The van der Waals surface area contributed by atoms with Gasteiger partial charge in [0.15, 0.2) is 0 Å². The molecule has 3 rings (SSSR count). The van der Waals surface area contributed by atoms with Gasteiger partial charge in [-0.15, -0.1) is 0 Å². The van der Waals surface area contributed by atoms with Gasteiger partial charge in [0.2, 0.25) is 5.91 Å². The Morgan fingerprint density at radius 3 is 2.81 bits per heavy atom. The molecule has 114 valence electrons. The molecule has 0 spiro atoms. The van der Waals surface area contributed by atoms with Crippen molar-refractivity contribution in [2.45, 2.75) is 57.0 Å². The Hall–Kier alpha value is -1.35. The van der Waals surface area contributed by atoms with Crippen LogP contribution in [0.25, 0.3) is 0 Å². The number of likely N-dealkylation sites (tertiary alicyclic amines) is 1. The molecule has 1 amide bonds. The van der Waals surface area contributed by atoms with Crippen molar-refractivity contribution in [3.8, 4) is 0 Å². The van der Waals surface area contributed by atoms with Crippen molar-refractivity contribution >= 4 is 5.91 Å². The van der Waals surface area contributed by atoms with E-state index in [9.17, 15) is 4.79 Å². The zero-order chi connectivity index (χ0) is 14.5. The van der Waals surface area contributed by atoms with Gasteiger partial charge in [-0.25, -0.2) is 0 Å². The highest BCUT2D eigenvalue weighted by atomic mass is 16.2. The number of nitrogens with one attached hydrogen (secondary N) is 1. The lowest BCUT2D eigenvalue weighted by molar-refractivity contribution is -0.132. The smallest absolute Gasteiger partial charge is 0.224 e. The number of benzene rings is 1. The Bertz CT molecular complexity index is 454. The molecular weight excluding hydrogens is 260 g/mol. The van der Waals surface area contributed by atoms with Gasteiger partial charge in [0.25, 0.3) is 0 Å². The molecule has 2 fully saturated rings. The second kappa shape index (κ2) is 7.08. The molecule has 21 heavy (non-hydrogen) atoms. The molecule has 2 unspecified atom stereocenters. The molecule has 0 saturated carbocycles. The maximum atomic E-state index is 12.5. The van der Waals surface area contributed by atoms with Crippen LogP contribution in [0.1, 0.15) is 44.1 Å². The second-order valence-corrected chi connectivity index (χ2v) is 6.40. The van der Waals surface area contributed by atoms with E-state index in [1.54, 1.807) is 0 Å². The van der Waals surface area contributed by atoms with E-state index in [0.29, 0.717) is 24.4 Å². The number of nitrogens with zero attached hydrogens (tertiary/aromatic N) is 1. The number of hydrogen-bond acceptors (Lipinski definition) is 2. The maximum Gasteiger partial charge on any atom is 0.224 e. The van der Waals surface area contributed by atoms with Crippen molar-refractivity contribution in [1.29, 1.82) is 0 Å². The third-order valence-corrected chi connectivity index (χ3v) is 4.89. The van der Waals surface area contributed by atoms with E-state index in [1.165, 1.54) is 24.8 Å². The van der Waals surface area contributed by atoms with E-state index < -0.39 is 0 Å². The molecule has 3 nitrogen and oxygen atoms in total. The second-order valence-electron chi connectivity index (χ2n) is 6.40. The Morgan fingerprint density at radius 1 is 1.19 bits per heavy atom. The molecule has 1 N–H and O–H groups in total. The van der Waals surface area contributed by atoms with Crippen LogP contribution in [-0.4, -0.2) is 36.0 Å². The number of aryl methyl sites for hydroxylation is 1. The lowest BCUT2D eigenvalue weighted by atomic mass is 10.0. The molecule has 1 aromatic rings. The summed E-state index contributed by atoms with van der Waals surface area (Å²) in [6.07, 6.45) is 7.61. The largest absolute Gasteiger partial charge is 0.340 e. The zero-order valence-corrected chi connectivity index (χ0v) is 12.8. The van der Waals surface area contributed by atoms with Crippen molar-refractivity contribution in [3.63, 3.8) is 0 Å². The zero-order valence-electron chi connectivity index (χ0n) is 12.8. The first-order chi connectivity index (χ1) is 10.3. The number of carbonyl (C=O) groups is 1. The van der Waals surface area contributed by atoms with Crippen LogP contribution in [0.15, 0.2) is 30.3 Å². The van der Waals surface area contributed by atoms with E-state index in [1.807, 2.05) is 0 Å². The Morgan fingerprint density at radius 2 is 2.05 bits per heavy atom. The molecule has 0 aromatic heterocycles. The molecule has 2 aliphatic rings. The summed E-state index contributed by atoms with van der Waals surface area (Å²) in [5.41, 5.74) is 1.38. The van der Waals surface area contributed by atoms with Gasteiger partial charge < -0.3 is 10.2 Å². The van der Waals surface area contributed by atoms with Gasteiger partial charge in [-0.2, -0.15) is 0 Å². The van der Waals surface area contributed by atoms with Gasteiger partial charge in [-0.3, -0.25) is 4.79 Å². The van der Waals surface area contributed by atoms with Crippen molar-refractivity contribution in [1.82, 2.24) is 10.2 Å². The highest BCUT2D eigenvalue weighted by Crippen LogP contribution is 2.24. The molecular formula is C18H26N2O. The van der Waals surface area contributed by atoms with Gasteiger partial charge in [-0.05, 0) is 50.6 Å². The predicted octanol–water partition coefficient (Wildman–Crippen LogP) is 2.75. The van der Waals surface area contributed by atoms with Crippen LogP contribution in [0.4, 0.5) is 0 Å². The molecule has 2 atom stereocenters. The Balaban J connectivity index is 1.51. The van der Waals surface area contributed by atoms with Crippen molar-refractivity contribution in [3.05, 3.63) is 35.9 Å². The van der Waals surface area contributed by atoms with Crippen LogP contribution in [0.5, 0.6) is 0 Å². The van der Waals surface area contributed by atoms with Gasteiger partial charge in [-0.1, -0.05) is 30.3 Å². The molecule has 3 heteroatoms. The van der Waals surface area contributed by atoms with Gasteiger partial charge in [0.1, 0.15) is 0 Å². The van der Waals surface area contributed by atoms with E-state index in [2.05, 4.69) is 40.5 Å². The summed E-state index contributed by atoms with van der Waals surface area (Å²) in [6.45, 7) is 2.04. The van der Waals surface area contributed by atoms with Gasteiger partial charge in [0.05, 0.1) is 0 Å². The van der Waals surface area contributed by atoms with Crippen LogP contribution in [0.2, 0.25) is 0 Å². The lowest BCUT2D eigenvalue weighted by Crippen LogP contribution is -2.39. The van der Waals surface area contributed by atoms with Crippen LogP contribution in [0.3, 0.4) is 0 Å². The average Bonchev–Trinajstić information content (AvgIpc) is 3.17. The number of amides is 1. The fraction of sp³-hybridized carbons (Fsp3) is 0.611. The minimum atomic E-state index is 0.366. The highest BCUT2D eigenvalue weighted by molar-refractivity contribution is 5.77. The minimum Gasteiger partial charge on any atom is -0.340 e. The van der Waals surface area contributed by atoms with Crippen LogP contribution < -0.4 is 5.32 Å². The Labute approximate surface area is 127 Å². The first-order valence-corrected chi connectivity index (χ1v) is 8.40. The van der Waals surface area contributed by atoms with Crippen molar-refractivity contribution < 1.29 is 4.79 Å². The summed E-state index contributed by atoms with van der Waals surface area (Å²) >= 11 is 0. The molecule has 2 saturated heterocycles. The van der Waals surface area contributed by atoms with Crippen molar-refractivity contribution in [2.75, 3.05) is 13.1 Å². The van der Waals surface area contributed by atoms with Gasteiger partial charge >= 0.3 is 0 Å². The third-order valence-electron chi connectivity index (χ3n) is 4.89. The van der Waals surface area contributed by atoms with E-state index >= 15 is 0 Å². The fourth-order valence-corrected chi connectivity index (χ4v) is 3.70. The first kappa shape index (κ1) is 14.6. The third kappa shape index (κ3) is 3.85. The number of carbonyl (C=O) groups excluding carboxylic acids is 1. The maximum absolute atomic E-state index is 12.5. The molecule has 2 heterocycles. The molecule has 0 radical (unpaired) electrons. The summed E-state index contributed by atoms with van der Waals surface area (Å²) in [4.78, 5) is 14.7. The fourth-order valence-electron chi connectivity index (χ4n) is 3.70. The summed E-state index contributed by atoms with van der Waals surface area (Å²) in [5.74, 6) is 0.366. The molecule has 2 aliphatic heterocycles. The van der Waals surface area contributed by atoms with Crippen LogP contribution in [-0.2, 0) is 11.2 Å². The monoisotopic (exact) mass is 286 g/mol. The van der Waals surface area contributed by atoms with E-state index in [-0.39, 0.29) is 0 Å². The van der Waals surface area contributed by atoms with E-state index in [4.69, 9.17) is 0 Å². The number of hydrogen-bond donors (Lipinski definition) is 1. The SMILES string of the molecule is O=C(CC1CCCN1)N1CCCC1CCc1ccccc1. The van der Waals surface area contributed by atoms with E-state index in [0.717, 1.165) is 32.4 Å². The minimum absolute atomic E-state index is 0.366. The summed E-state index contributed by atoms with van der Waals surface area (Å²) in [6, 6.07) is 11.5. The molecule has 0 aliphatic carbocycles. The number of rotatable bonds is 5. The standard InChI is InChI=1S/C18H26N2O/c21-18(14-16-8-4-12-19-16)20-13-5-9-17(20)11-10-15-6-2-1-3-7-15/h1-3,6-7,16-17,19H,4-5,8-14H2.